The largest absolute Gasteiger partial charge is 0.495 e. The highest BCUT2D eigenvalue weighted by molar-refractivity contribution is 8.01. The number of amides is 1. The Morgan fingerprint density at radius 2 is 2.17 bits per heavy atom. The summed E-state index contributed by atoms with van der Waals surface area (Å²) in [6.45, 7) is 4.37. The molecule has 0 spiro atoms. The third kappa shape index (κ3) is 4.90. The van der Waals surface area contributed by atoms with Gasteiger partial charge in [-0.05, 0) is 43.7 Å². The van der Waals surface area contributed by atoms with E-state index in [1.807, 2.05) is 13.8 Å². The van der Waals surface area contributed by atoms with E-state index in [0.717, 1.165) is 29.4 Å². The summed E-state index contributed by atoms with van der Waals surface area (Å²) >= 11 is 2.82. The Kier molecular flexibility index (Phi) is 7.14. The van der Waals surface area contributed by atoms with Crippen molar-refractivity contribution in [2.45, 2.75) is 48.4 Å². The van der Waals surface area contributed by atoms with Gasteiger partial charge in [-0.2, -0.15) is 4.31 Å². The molecule has 29 heavy (non-hydrogen) atoms. The second-order valence-corrected chi connectivity index (χ2v) is 10.9. The normalized spacial score (nSPS) is 17.8. The SMILES string of the molecule is CCSc1nnc(NC(=O)c2ccc(OC)c(S(=O)(=O)N3CCCCC3C)c2)s1. The van der Waals surface area contributed by atoms with E-state index < -0.39 is 15.9 Å². The average Bonchev–Trinajstić information content (AvgIpc) is 3.14. The molecule has 0 radical (unpaired) electrons. The zero-order valence-corrected chi connectivity index (χ0v) is 19.0. The molecule has 1 aliphatic rings. The van der Waals surface area contributed by atoms with E-state index in [0.29, 0.717) is 11.7 Å². The number of sulfonamides is 1. The van der Waals surface area contributed by atoms with Gasteiger partial charge in [-0.3, -0.25) is 10.1 Å². The second-order valence-electron chi connectivity index (χ2n) is 6.59. The molecule has 1 aromatic carbocycles. The van der Waals surface area contributed by atoms with Crippen molar-refractivity contribution in [3.63, 3.8) is 0 Å². The molecule has 0 bridgehead atoms. The van der Waals surface area contributed by atoms with Crippen molar-refractivity contribution in [3.05, 3.63) is 23.8 Å². The molecule has 0 saturated carbocycles. The van der Waals surface area contributed by atoms with Crippen molar-refractivity contribution < 1.29 is 17.9 Å². The Morgan fingerprint density at radius 1 is 1.38 bits per heavy atom. The van der Waals surface area contributed by atoms with Crippen LogP contribution in [0.1, 0.15) is 43.5 Å². The van der Waals surface area contributed by atoms with Gasteiger partial charge in [0.2, 0.25) is 15.2 Å². The molecule has 1 fully saturated rings. The lowest BCUT2D eigenvalue weighted by molar-refractivity contribution is 0.102. The molecule has 1 unspecified atom stereocenters. The summed E-state index contributed by atoms with van der Waals surface area (Å²) in [5, 5.41) is 11.0. The van der Waals surface area contributed by atoms with E-state index >= 15 is 0 Å². The minimum atomic E-state index is -3.79. The number of methoxy groups -OCH3 is 1. The molecule has 1 aliphatic heterocycles. The summed E-state index contributed by atoms with van der Waals surface area (Å²) < 4.78 is 34.1. The number of piperidine rings is 1. The maximum Gasteiger partial charge on any atom is 0.257 e. The monoisotopic (exact) mass is 456 g/mol. The first-order chi connectivity index (χ1) is 13.9. The molecular formula is C18H24N4O4S3. The van der Waals surface area contributed by atoms with Crippen LogP contribution in [0.25, 0.3) is 0 Å². The van der Waals surface area contributed by atoms with Crippen LogP contribution in [0.2, 0.25) is 0 Å². The lowest BCUT2D eigenvalue weighted by Crippen LogP contribution is -2.42. The Balaban J connectivity index is 1.88. The number of hydrogen-bond acceptors (Lipinski definition) is 8. The molecule has 0 aliphatic carbocycles. The molecule has 1 atom stereocenters. The minimum Gasteiger partial charge on any atom is -0.495 e. The van der Waals surface area contributed by atoms with Gasteiger partial charge < -0.3 is 4.74 Å². The fraction of sp³-hybridized carbons (Fsp3) is 0.500. The van der Waals surface area contributed by atoms with Gasteiger partial charge in [0.1, 0.15) is 10.6 Å². The Labute approximate surface area is 179 Å². The lowest BCUT2D eigenvalue weighted by atomic mass is 10.1. The van der Waals surface area contributed by atoms with E-state index in [2.05, 4.69) is 15.5 Å². The minimum absolute atomic E-state index is 0.000825. The number of nitrogens with zero attached hydrogens (tertiary/aromatic N) is 3. The van der Waals surface area contributed by atoms with Gasteiger partial charge in [0.05, 0.1) is 7.11 Å². The van der Waals surface area contributed by atoms with Crippen LogP contribution in [0, 0.1) is 0 Å². The number of carbonyl (C=O) groups excluding carboxylic acids is 1. The number of benzene rings is 1. The number of anilines is 1. The molecule has 2 heterocycles. The van der Waals surface area contributed by atoms with E-state index in [-0.39, 0.29) is 22.3 Å². The molecule has 11 heteroatoms. The number of thioether (sulfide) groups is 1. The molecule has 1 amide bonds. The molecule has 2 aromatic rings. The van der Waals surface area contributed by atoms with Gasteiger partial charge in [0.15, 0.2) is 4.34 Å². The number of hydrogen-bond donors (Lipinski definition) is 1. The average molecular weight is 457 g/mol. The fourth-order valence-electron chi connectivity index (χ4n) is 3.19. The Bertz CT molecular complexity index is 977. The molecule has 158 valence electrons. The van der Waals surface area contributed by atoms with Crippen LogP contribution in [-0.2, 0) is 10.0 Å². The molecular weight excluding hydrogens is 432 g/mol. The van der Waals surface area contributed by atoms with Crippen LogP contribution in [0.3, 0.4) is 0 Å². The summed E-state index contributed by atoms with van der Waals surface area (Å²) in [6.07, 6.45) is 2.64. The summed E-state index contributed by atoms with van der Waals surface area (Å²) in [5.74, 6) is 0.633. The topological polar surface area (TPSA) is 101 Å². The van der Waals surface area contributed by atoms with Gasteiger partial charge in [-0.1, -0.05) is 36.4 Å². The van der Waals surface area contributed by atoms with E-state index in [1.165, 1.54) is 52.7 Å². The summed E-state index contributed by atoms with van der Waals surface area (Å²) in [5.41, 5.74) is 0.217. The Hall–Kier alpha value is -1.69. The first-order valence-corrected chi connectivity index (χ1v) is 12.6. The van der Waals surface area contributed by atoms with E-state index in [4.69, 9.17) is 4.74 Å². The third-order valence-corrected chi connectivity index (χ3v) is 8.54. The van der Waals surface area contributed by atoms with Crippen molar-refractivity contribution >= 4 is 44.2 Å². The predicted octanol–water partition coefficient (Wildman–Crippen LogP) is 3.47. The summed E-state index contributed by atoms with van der Waals surface area (Å²) in [7, 11) is -2.37. The second kappa shape index (κ2) is 9.41. The first kappa shape index (κ1) is 22.0. The molecule has 1 N–H and O–H groups in total. The quantitative estimate of drug-likeness (QED) is 0.503. The van der Waals surface area contributed by atoms with Crippen LogP contribution in [0.4, 0.5) is 5.13 Å². The zero-order chi connectivity index (χ0) is 21.0. The number of nitrogens with one attached hydrogen (secondary N) is 1. The van der Waals surface area contributed by atoms with Crippen molar-refractivity contribution in [2.24, 2.45) is 0 Å². The number of aromatic nitrogens is 2. The smallest absolute Gasteiger partial charge is 0.257 e. The predicted molar refractivity (Wildman–Crippen MR) is 114 cm³/mol. The molecule has 8 nitrogen and oxygen atoms in total. The van der Waals surface area contributed by atoms with Crippen molar-refractivity contribution in [2.75, 3.05) is 24.7 Å². The first-order valence-electron chi connectivity index (χ1n) is 9.34. The molecule has 3 rings (SSSR count). The molecule has 1 saturated heterocycles. The van der Waals surface area contributed by atoms with Crippen LogP contribution in [0.5, 0.6) is 5.75 Å². The maximum atomic E-state index is 13.3. The standard InChI is InChI=1S/C18H24N4O4S3/c1-4-27-18-21-20-17(28-18)19-16(23)13-8-9-14(26-3)15(11-13)29(24,25)22-10-6-5-7-12(22)2/h8-9,11-12H,4-7,10H2,1-3H3,(H,19,20,23). The highest BCUT2D eigenvalue weighted by Crippen LogP contribution is 2.32. The number of ether oxygens (including phenoxy) is 1. The zero-order valence-electron chi connectivity index (χ0n) is 16.5. The van der Waals surface area contributed by atoms with Crippen LogP contribution in [0.15, 0.2) is 27.4 Å². The van der Waals surface area contributed by atoms with Gasteiger partial charge in [-0.25, -0.2) is 8.42 Å². The number of rotatable bonds is 7. The van der Waals surface area contributed by atoms with Crippen LogP contribution < -0.4 is 10.1 Å². The van der Waals surface area contributed by atoms with E-state index in [1.54, 1.807) is 0 Å². The third-order valence-electron chi connectivity index (χ3n) is 4.65. The fourth-order valence-corrected chi connectivity index (χ4v) is 6.71. The lowest BCUT2D eigenvalue weighted by Gasteiger charge is -2.32. The highest BCUT2D eigenvalue weighted by atomic mass is 32.2. The van der Waals surface area contributed by atoms with Crippen molar-refractivity contribution in [1.82, 2.24) is 14.5 Å². The Morgan fingerprint density at radius 3 is 2.86 bits per heavy atom. The number of carbonyl (C=O) groups is 1. The van der Waals surface area contributed by atoms with Crippen molar-refractivity contribution in [1.29, 1.82) is 0 Å². The maximum absolute atomic E-state index is 13.3. The van der Waals surface area contributed by atoms with Gasteiger partial charge in [0, 0.05) is 18.2 Å². The summed E-state index contributed by atoms with van der Waals surface area (Å²) in [4.78, 5) is 12.7. The van der Waals surface area contributed by atoms with Crippen LogP contribution in [-0.4, -0.2) is 54.3 Å². The highest BCUT2D eigenvalue weighted by Gasteiger charge is 2.33. The van der Waals surface area contributed by atoms with Crippen molar-refractivity contribution in [3.8, 4) is 5.75 Å². The molecule has 1 aromatic heterocycles. The summed E-state index contributed by atoms with van der Waals surface area (Å²) in [6, 6.07) is 4.32. The van der Waals surface area contributed by atoms with Crippen LogP contribution >= 0.6 is 23.1 Å². The van der Waals surface area contributed by atoms with Gasteiger partial charge >= 0.3 is 0 Å². The van der Waals surface area contributed by atoms with Gasteiger partial charge in [0.25, 0.3) is 5.91 Å². The van der Waals surface area contributed by atoms with Gasteiger partial charge in [-0.15, -0.1) is 10.2 Å². The van der Waals surface area contributed by atoms with E-state index in [9.17, 15) is 13.2 Å².